The molecule has 0 aliphatic rings. The van der Waals surface area contributed by atoms with Gasteiger partial charge in [-0.25, -0.2) is 18.6 Å². The molecule has 26 heavy (non-hydrogen) atoms. The smallest absolute Gasteiger partial charge is 0.337 e. The zero-order chi connectivity index (χ0) is 19.1. The van der Waals surface area contributed by atoms with E-state index in [-0.39, 0.29) is 6.01 Å². The van der Waals surface area contributed by atoms with Gasteiger partial charge in [-0.05, 0) is 12.1 Å². The molecular weight excluding hydrogens is 376 g/mol. The maximum atomic E-state index is 13.9. The normalized spacial score (nSPS) is 11.5. The summed E-state index contributed by atoms with van der Waals surface area (Å²) in [6.07, 6.45) is 0.756. The molecule has 0 amide bonds. The number of nitrogens with one attached hydrogen (secondary N) is 1. The Kier molecular flexibility index (Phi) is 4.15. The zero-order valence-electron chi connectivity index (χ0n) is 12.8. The predicted molar refractivity (Wildman–Crippen MR) is 81.5 cm³/mol. The summed E-state index contributed by atoms with van der Waals surface area (Å²) < 4.78 is 59.8. The molecule has 2 heterocycles. The molecule has 0 radical (unpaired) electrons. The molecule has 0 spiro atoms. The second kappa shape index (κ2) is 6.18. The minimum absolute atomic E-state index is 0.243. The Balaban J connectivity index is 2.12. The molecule has 10 nitrogen and oxygen atoms in total. The number of methoxy groups -OCH3 is 1. The van der Waals surface area contributed by atoms with Gasteiger partial charge in [-0.15, -0.1) is 5.10 Å². The Morgan fingerprint density at radius 1 is 1.31 bits per heavy atom. The number of hydrogen-bond donors (Lipinski definition) is 2. The highest BCUT2D eigenvalue weighted by molar-refractivity contribution is 7.92. The van der Waals surface area contributed by atoms with E-state index in [1.165, 1.54) is 7.11 Å². The number of sulfonamides is 1. The van der Waals surface area contributed by atoms with Gasteiger partial charge >= 0.3 is 12.0 Å². The Bertz CT molecular complexity index is 1130. The van der Waals surface area contributed by atoms with Crippen LogP contribution in [0.25, 0.3) is 5.65 Å². The second-order valence-electron chi connectivity index (χ2n) is 4.80. The SMILES string of the molecule is COc1ncc(F)c2nc(S(=O)(=O)Nc3c(F)cccc3C(=O)O)nn12. The minimum Gasteiger partial charge on any atom is -0.478 e. The van der Waals surface area contributed by atoms with Crippen molar-refractivity contribution in [1.82, 2.24) is 19.6 Å². The summed E-state index contributed by atoms with van der Waals surface area (Å²) in [5.41, 5.74) is -1.92. The van der Waals surface area contributed by atoms with Crippen LogP contribution in [-0.2, 0) is 10.0 Å². The maximum Gasteiger partial charge on any atom is 0.337 e. The number of fused-ring (bicyclic) bond motifs is 1. The number of benzene rings is 1. The van der Waals surface area contributed by atoms with E-state index < -0.39 is 49.7 Å². The molecule has 0 aliphatic carbocycles. The van der Waals surface area contributed by atoms with E-state index in [9.17, 15) is 22.0 Å². The number of rotatable bonds is 5. The number of hydrogen-bond acceptors (Lipinski definition) is 7. The molecule has 0 bridgehead atoms. The van der Waals surface area contributed by atoms with Crippen molar-refractivity contribution in [2.75, 3.05) is 11.8 Å². The fourth-order valence-corrected chi connectivity index (χ4v) is 3.01. The Labute approximate surface area is 144 Å². The fourth-order valence-electron chi connectivity index (χ4n) is 2.04. The Morgan fingerprint density at radius 2 is 2.04 bits per heavy atom. The van der Waals surface area contributed by atoms with Gasteiger partial charge in [0.15, 0.2) is 11.5 Å². The highest BCUT2D eigenvalue weighted by atomic mass is 32.2. The lowest BCUT2D eigenvalue weighted by Crippen LogP contribution is -2.18. The van der Waals surface area contributed by atoms with Gasteiger partial charge in [0.2, 0.25) is 0 Å². The molecule has 0 saturated carbocycles. The van der Waals surface area contributed by atoms with Crippen LogP contribution >= 0.6 is 0 Å². The highest BCUT2D eigenvalue weighted by Gasteiger charge is 2.27. The zero-order valence-corrected chi connectivity index (χ0v) is 13.7. The van der Waals surface area contributed by atoms with E-state index in [1.54, 1.807) is 4.72 Å². The Hall–Kier alpha value is -3.35. The van der Waals surface area contributed by atoms with Crippen LogP contribution in [0, 0.1) is 11.6 Å². The van der Waals surface area contributed by atoms with Crippen LogP contribution in [0.2, 0.25) is 0 Å². The molecule has 0 unspecified atom stereocenters. The van der Waals surface area contributed by atoms with Gasteiger partial charge in [0.1, 0.15) is 5.82 Å². The van der Waals surface area contributed by atoms with E-state index in [4.69, 9.17) is 9.84 Å². The number of nitrogens with zero attached hydrogens (tertiary/aromatic N) is 4. The van der Waals surface area contributed by atoms with Crippen LogP contribution < -0.4 is 9.46 Å². The van der Waals surface area contributed by atoms with E-state index in [0.717, 1.165) is 24.4 Å². The monoisotopic (exact) mass is 385 g/mol. The quantitative estimate of drug-likeness (QED) is 0.661. The lowest BCUT2D eigenvalue weighted by atomic mass is 10.2. The van der Waals surface area contributed by atoms with Gasteiger partial charge in [-0.1, -0.05) is 6.07 Å². The number of halogens is 2. The van der Waals surface area contributed by atoms with Gasteiger partial charge < -0.3 is 9.84 Å². The fraction of sp³-hybridized carbons (Fsp3) is 0.0769. The third kappa shape index (κ3) is 2.88. The molecule has 3 aromatic rings. The topological polar surface area (TPSA) is 136 Å². The van der Waals surface area contributed by atoms with E-state index in [2.05, 4.69) is 15.1 Å². The molecule has 1 aromatic carbocycles. The van der Waals surface area contributed by atoms with Gasteiger partial charge in [0, 0.05) is 0 Å². The Morgan fingerprint density at radius 3 is 2.69 bits per heavy atom. The van der Waals surface area contributed by atoms with Gasteiger partial charge in [-0.3, -0.25) is 4.72 Å². The summed E-state index contributed by atoms with van der Waals surface area (Å²) in [6, 6.07) is 2.74. The van der Waals surface area contributed by atoms with Crippen LogP contribution in [0.3, 0.4) is 0 Å². The first-order chi connectivity index (χ1) is 12.2. The number of carboxylic acids is 1. The molecule has 0 fully saturated rings. The van der Waals surface area contributed by atoms with Crippen molar-refractivity contribution >= 4 is 27.3 Å². The predicted octanol–water partition coefficient (Wildman–Crippen LogP) is 0.910. The van der Waals surface area contributed by atoms with Crippen molar-refractivity contribution in [1.29, 1.82) is 0 Å². The first-order valence-electron chi connectivity index (χ1n) is 6.74. The number of aromatic carboxylic acids is 1. The van der Waals surface area contributed by atoms with Crippen LogP contribution in [0.4, 0.5) is 14.5 Å². The number of carbonyl (C=O) groups is 1. The third-order valence-corrected chi connectivity index (χ3v) is 4.30. The average Bonchev–Trinajstić information content (AvgIpc) is 3.04. The summed E-state index contributed by atoms with van der Waals surface area (Å²) in [6.45, 7) is 0. The van der Waals surface area contributed by atoms with Crippen LogP contribution in [0.15, 0.2) is 29.6 Å². The standard InChI is InChI=1S/C13H9F2N5O5S/c1-25-13-16-5-8(15)10-17-12(18-20(10)13)26(23,24)19-9-6(11(21)22)3-2-4-7(9)14/h2-5,19H,1H3,(H,21,22). The summed E-state index contributed by atoms with van der Waals surface area (Å²) in [7, 11) is -3.44. The second-order valence-corrected chi connectivity index (χ2v) is 6.37. The van der Waals surface area contributed by atoms with E-state index in [1.807, 2.05) is 0 Å². The molecule has 2 aromatic heterocycles. The first kappa shape index (κ1) is 17.5. The average molecular weight is 385 g/mol. The summed E-state index contributed by atoms with van der Waals surface area (Å²) in [5, 5.41) is 11.7. The lowest BCUT2D eigenvalue weighted by molar-refractivity contribution is 0.0697. The van der Waals surface area contributed by atoms with Crippen molar-refractivity contribution < 1.29 is 31.8 Å². The number of para-hydroxylation sites is 1. The molecule has 0 saturated heterocycles. The largest absolute Gasteiger partial charge is 0.478 e. The third-order valence-electron chi connectivity index (χ3n) is 3.17. The van der Waals surface area contributed by atoms with E-state index in [0.29, 0.717) is 4.52 Å². The molecule has 2 N–H and O–H groups in total. The van der Waals surface area contributed by atoms with Gasteiger partial charge in [0.25, 0.3) is 15.2 Å². The van der Waals surface area contributed by atoms with Crippen LogP contribution in [-0.4, -0.2) is 46.2 Å². The molecule has 0 atom stereocenters. The summed E-state index contributed by atoms with van der Waals surface area (Å²) in [5.74, 6) is -3.65. The molecule has 0 aliphatic heterocycles. The lowest BCUT2D eigenvalue weighted by Gasteiger charge is -2.09. The highest BCUT2D eigenvalue weighted by Crippen LogP contribution is 2.23. The molecule has 13 heteroatoms. The van der Waals surface area contributed by atoms with Crippen molar-refractivity contribution in [2.24, 2.45) is 0 Å². The summed E-state index contributed by atoms with van der Waals surface area (Å²) >= 11 is 0. The molecular formula is C13H9F2N5O5S. The molecule has 136 valence electrons. The first-order valence-corrected chi connectivity index (χ1v) is 8.23. The van der Waals surface area contributed by atoms with Crippen molar-refractivity contribution in [3.8, 4) is 6.01 Å². The van der Waals surface area contributed by atoms with Crippen LogP contribution in [0.1, 0.15) is 10.4 Å². The maximum absolute atomic E-state index is 13.9. The van der Waals surface area contributed by atoms with Gasteiger partial charge in [0.05, 0.1) is 24.6 Å². The number of ether oxygens (including phenoxy) is 1. The number of aromatic nitrogens is 4. The van der Waals surface area contributed by atoms with Crippen molar-refractivity contribution in [3.05, 3.63) is 41.6 Å². The van der Waals surface area contributed by atoms with E-state index >= 15 is 0 Å². The molecule has 3 rings (SSSR count). The van der Waals surface area contributed by atoms with Gasteiger partial charge in [-0.2, -0.15) is 17.9 Å². The van der Waals surface area contributed by atoms with Crippen molar-refractivity contribution in [3.63, 3.8) is 0 Å². The number of carboxylic acid groups (broad SMARTS) is 1. The minimum atomic E-state index is -4.64. The van der Waals surface area contributed by atoms with Crippen LogP contribution in [0.5, 0.6) is 6.01 Å². The number of anilines is 1. The summed E-state index contributed by atoms with van der Waals surface area (Å²) in [4.78, 5) is 18.2. The van der Waals surface area contributed by atoms with Crippen molar-refractivity contribution in [2.45, 2.75) is 5.16 Å².